The van der Waals surface area contributed by atoms with Crippen molar-refractivity contribution in [1.29, 1.82) is 0 Å². The van der Waals surface area contributed by atoms with Gasteiger partial charge in [0.05, 0.1) is 0 Å². The van der Waals surface area contributed by atoms with Crippen LogP contribution in [-0.4, -0.2) is 37.2 Å². The third kappa shape index (κ3) is 42.0. The van der Waals surface area contributed by atoms with E-state index in [0.29, 0.717) is 19.3 Å². The monoisotopic (exact) mass is 781 g/mol. The van der Waals surface area contributed by atoms with E-state index in [2.05, 4.69) is 93.7 Å². The maximum absolute atomic E-state index is 12.7. The number of hydrogen-bond donors (Lipinski definition) is 0. The highest BCUT2D eigenvalue weighted by molar-refractivity contribution is 5.71. The summed E-state index contributed by atoms with van der Waals surface area (Å²) in [4.78, 5) is 37.7. The van der Waals surface area contributed by atoms with E-state index in [1.807, 2.05) is 0 Å². The average molecular weight is 781 g/mol. The highest BCUT2D eigenvalue weighted by atomic mass is 16.6. The third-order valence-corrected chi connectivity index (χ3v) is 9.45. The highest BCUT2D eigenvalue weighted by Crippen LogP contribution is 2.13. The molecule has 0 aliphatic carbocycles. The lowest BCUT2D eigenvalue weighted by atomic mass is 10.1. The molecule has 0 aromatic heterocycles. The van der Waals surface area contributed by atoms with Crippen LogP contribution >= 0.6 is 0 Å². The predicted octanol–water partition coefficient (Wildman–Crippen LogP) is 14.7. The molecule has 6 heteroatoms. The molecule has 0 bridgehead atoms. The van der Waals surface area contributed by atoms with Gasteiger partial charge in [0.2, 0.25) is 0 Å². The van der Waals surface area contributed by atoms with E-state index < -0.39 is 6.10 Å². The van der Waals surface area contributed by atoms with Crippen LogP contribution in [0.25, 0.3) is 0 Å². The number of esters is 3. The quantitative estimate of drug-likeness (QED) is 0.0203. The maximum atomic E-state index is 12.7. The fourth-order valence-electron chi connectivity index (χ4n) is 6.04. The van der Waals surface area contributed by atoms with Crippen LogP contribution in [0.15, 0.2) is 72.9 Å². The van der Waals surface area contributed by atoms with Crippen LogP contribution in [0.4, 0.5) is 0 Å². The van der Waals surface area contributed by atoms with Gasteiger partial charge in [0.1, 0.15) is 13.2 Å². The van der Waals surface area contributed by atoms with E-state index in [4.69, 9.17) is 14.2 Å². The van der Waals surface area contributed by atoms with Gasteiger partial charge in [-0.3, -0.25) is 14.4 Å². The number of ether oxygens (including phenoxy) is 3. The SMILES string of the molecule is CC/C=C\C/C=C\CCCCCCCCCC(=O)OC(COC(=O)CCCC/C=C\C/C=C\CC)COC(=O)CCCCCCCC/C=C\C=C/CCCCC. The summed E-state index contributed by atoms with van der Waals surface area (Å²) in [6, 6.07) is 0. The van der Waals surface area contributed by atoms with Crippen molar-refractivity contribution in [3.8, 4) is 0 Å². The van der Waals surface area contributed by atoms with Crippen molar-refractivity contribution in [3.63, 3.8) is 0 Å². The smallest absolute Gasteiger partial charge is 0.306 e. The Labute approximate surface area is 344 Å². The summed E-state index contributed by atoms with van der Waals surface area (Å²) in [6.07, 6.45) is 54.6. The molecule has 0 rings (SSSR count). The lowest BCUT2D eigenvalue weighted by Crippen LogP contribution is -2.30. The summed E-state index contributed by atoms with van der Waals surface area (Å²) >= 11 is 0. The van der Waals surface area contributed by atoms with Gasteiger partial charge in [-0.15, -0.1) is 0 Å². The Kier molecular flexibility index (Phi) is 42.1. The zero-order chi connectivity index (χ0) is 40.8. The van der Waals surface area contributed by atoms with E-state index in [0.717, 1.165) is 96.3 Å². The predicted molar refractivity (Wildman–Crippen MR) is 238 cm³/mol. The minimum Gasteiger partial charge on any atom is -0.462 e. The molecule has 56 heavy (non-hydrogen) atoms. The van der Waals surface area contributed by atoms with Gasteiger partial charge in [-0.25, -0.2) is 0 Å². The Morgan fingerprint density at radius 1 is 0.393 bits per heavy atom. The summed E-state index contributed by atoms with van der Waals surface area (Å²) in [6.45, 7) is 6.31. The molecule has 0 amide bonds. The van der Waals surface area contributed by atoms with Gasteiger partial charge in [-0.2, -0.15) is 0 Å². The Bertz CT molecular complexity index is 1080. The largest absolute Gasteiger partial charge is 0.462 e. The Morgan fingerprint density at radius 2 is 0.750 bits per heavy atom. The van der Waals surface area contributed by atoms with Crippen molar-refractivity contribution >= 4 is 17.9 Å². The van der Waals surface area contributed by atoms with Gasteiger partial charge >= 0.3 is 17.9 Å². The van der Waals surface area contributed by atoms with Crippen LogP contribution in [0, 0.1) is 0 Å². The van der Waals surface area contributed by atoms with E-state index in [-0.39, 0.29) is 31.1 Å². The van der Waals surface area contributed by atoms with Crippen LogP contribution in [-0.2, 0) is 28.6 Å². The second-order valence-electron chi connectivity index (χ2n) is 14.9. The molecular weight excluding hydrogens is 697 g/mol. The molecule has 6 nitrogen and oxygen atoms in total. The highest BCUT2D eigenvalue weighted by Gasteiger charge is 2.19. The van der Waals surface area contributed by atoms with Crippen molar-refractivity contribution in [3.05, 3.63) is 72.9 Å². The molecule has 0 N–H and O–H groups in total. The normalized spacial score (nSPS) is 12.7. The molecule has 0 radical (unpaired) electrons. The van der Waals surface area contributed by atoms with Crippen LogP contribution < -0.4 is 0 Å². The molecule has 0 fully saturated rings. The molecular formula is C50H84O6. The number of carbonyl (C=O) groups excluding carboxylic acids is 3. The van der Waals surface area contributed by atoms with Gasteiger partial charge in [0.25, 0.3) is 0 Å². The Balaban J connectivity index is 4.41. The molecule has 0 spiro atoms. The molecule has 320 valence electrons. The minimum absolute atomic E-state index is 0.0960. The van der Waals surface area contributed by atoms with E-state index in [9.17, 15) is 14.4 Å². The van der Waals surface area contributed by atoms with E-state index in [1.54, 1.807) is 0 Å². The zero-order valence-corrected chi connectivity index (χ0v) is 36.4. The van der Waals surface area contributed by atoms with Gasteiger partial charge in [-0.1, -0.05) is 164 Å². The topological polar surface area (TPSA) is 78.9 Å². The van der Waals surface area contributed by atoms with Crippen molar-refractivity contribution in [2.24, 2.45) is 0 Å². The van der Waals surface area contributed by atoms with Crippen molar-refractivity contribution in [2.45, 2.75) is 213 Å². The van der Waals surface area contributed by atoms with Gasteiger partial charge in [-0.05, 0) is 96.3 Å². The first kappa shape index (κ1) is 52.9. The number of hydrogen-bond acceptors (Lipinski definition) is 6. The molecule has 0 aromatic carbocycles. The third-order valence-electron chi connectivity index (χ3n) is 9.45. The summed E-state index contributed by atoms with van der Waals surface area (Å²) in [5.74, 6) is -0.959. The summed E-state index contributed by atoms with van der Waals surface area (Å²) < 4.78 is 16.6. The van der Waals surface area contributed by atoms with Crippen LogP contribution in [0.2, 0.25) is 0 Å². The molecule has 0 saturated heterocycles. The van der Waals surface area contributed by atoms with Crippen LogP contribution in [0.1, 0.15) is 207 Å². The fraction of sp³-hybridized carbons (Fsp3) is 0.700. The standard InChI is InChI=1S/C50H84O6/c1-4-7-10-13-16-19-21-23-25-27-28-31-34-37-40-43-49(52)55-46-47(45-54-48(51)42-39-36-33-30-18-15-12-9-6-3)56-50(53)44-41-38-35-32-29-26-24-22-20-17-14-11-8-5-2/h8-9,11-12,16-21,23,30,47H,4-7,10,13-15,22,24-29,31-46H2,1-3H3/b11-8-,12-9-,19-16-,20-17-,23-21-,30-18-. The summed E-state index contributed by atoms with van der Waals surface area (Å²) in [7, 11) is 0. The second kappa shape index (κ2) is 44.6. The molecule has 0 aliphatic heterocycles. The van der Waals surface area contributed by atoms with Gasteiger partial charge < -0.3 is 14.2 Å². The first-order valence-electron chi connectivity index (χ1n) is 23.0. The number of allylic oxidation sites excluding steroid dienone is 12. The molecule has 0 saturated carbocycles. The first-order valence-corrected chi connectivity index (χ1v) is 23.0. The summed E-state index contributed by atoms with van der Waals surface area (Å²) in [5, 5.41) is 0. The van der Waals surface area contributed by atoms with Crippen molar-refractivity contribution < 1.29 is 28.6 Å². The number of unbranched alkanes of at least 4 members (excludes halogenated alkanes) is 18. The average Bonchev–Trinajstić information content (AvgIpc) is 3.19. The van der Waals surface area contributed by atoms with Gasteiger partial charge in [0.15, 0.2) is 6.10 Å². The zero-order valence-electron chi connectivity index (χ0n) is 36.4. The Hall–Kier alpha value is -3.15. The van der Waals surface area contributed by atoms with Crippen molar-refractivity contribution in [2.75, 3.05) is 13.2 Å². The van der Waals surface area contributed by atoms with Crippen LogP contribution in [0.5, 0.6) is 0 Å². The molecule has 0 aromatic rings. The van der Waals surface area contributed by atoms with Gasteiger partial charge in [0, 0.05) is 19.3 Å². The molecule has 0 heterocycles. The lowest BCUT2D eigenvalue weighted by molar-refractivity contribution is -0.167. The number of carbonyl (C=O) groups is 3. The molecule has 1 atom stereocenters. The Morgan fingerprint density at radius 3 is 1.21 bits per heavy atom. The fourth-order valence-corrected chi connectivity index (χ4v) is 6.04. The lowest BCUT2D eigenvalue weighted by Gasteiger charge is -2.18. The van der Waals surface area contributed by atoms with E-state index in [1.165, 1.54) is 70.6 Å². The summed E-state index contributed by atoms with van der Waals surface area (Å²) in [5.41, 5.74) is 0. The first-order chi connectivity index (χ1) is 27.5. The van der Waals surface area contributed by atoms with Crippen LogP contribution in [0.3, 0.4) is 0 Å². The number of rotatable bonds is 40. The van der Waals surface area contributed by atoms with Crippen molar-refractivity contribution in [1.82, 2.24) is 0 Å². The molecule has 0 aliphatic rings. The minimum atomic E-state index is -0.795. The molecule has 1 unspecified atom stereocenters. The maximum Gasteiger partial charge on any atom is 0.306 e. The van der Waals surface area contributed by atoms with E-state index >= 15 is 0 Å². The second-order valence-corrected chi connectivity index (χ2v) is 14.9.